The van der Waals surface area contributed by atoms with Crippen molar-refractivity contribution in [1.82, 2.24) is 25.4 Å². The SMILES string of the molecule is CC(C)n1nc(C(=O)NC2CCNCC2)c2ccc(N3CCCCCC3)nc21. The van der Waals surface area contributed by atoms with E-state index in [0.29, 0.717) is 5.69 Å². The molecule has 7 nitrogen and oxygen atoms in total. The standard InChI is InChI=1S/C21H32N6O/c1-15(2)27-20-17(7-8-18(24-20)26-13-5-3-4-6-14-26)19(25-27)21(28)23-16-9-11-22-12-10-16/h7-8,15-16,22H,3-6,9-14H2,1-2H3,(H,23,28). The molecule has 1 amide bonds. The third-order valence-electron chi connectivity index (χ3n) is 5.85. The molecule has 0 atom stereocenters. The lowest BCUT2D eigenvalue weighted by molar-refractivity contribution is 0.0925. The van der Waals surface area contributed by atoms with Crippen LogP contribution < -0.4 is 15.5 Å². The Hall–Kier alpha value is -2.15. The summed E-state index contributed by atoms with van der Waals surface area (Å²) in [5.74, 6) is 0.919. The van der Waals surface area contributed by atoms with E-state index in [2.05, 4.69) is 40.5 Å². The number of rotatable bonds is 4. The van der Waals surface area contributed by atoms with E-state index in [-0.39, 0.29) is 18.0 Å². The number of hydrogen-bond donors (Lipinski definition) is 2. The summed E-state index contributed by atoms with van der Waals surface area (Å²) in [4.78, 5) is 20.3. The molecule has 28 heavy (non-hydrogen) atoms. The van der Waals surface area contributed by atoms with E-state index >= 15 is 0 Å². The normalized spacial score (nSPS) is 19.2. The number of nitrogens with zero attached hydrogens (tertiary/aromatic N) is 4. The highest BCUT2D eigenvalue weighted by atomic mass is 16.2. The van der Waals surface area contributed by atoms with Crippen LogP contribution in [0.4, 0.5) is 5.82 Å². The van der Waals surface area contributed by atoms with Crippen molar-refractivity contribution in [3.63, 3.8) is 0 Å². The van der Waals surface area contributed by atoms with Crippen LogP contribution in [0.2, 0.25) is 0 Å². The van der Waals surface area contributed by atoms with Crippen molar-refractivity contribution in [1.29, 1.82) is 0 Å². The molecule has 2 aliphatic heterocycles. The Morgan fingerprint density at radius 3 is 2.54 bits per heavy atom. The van der Waals surface area contributed by atoms with Crippen molar-refractivity contribution < 1.29 is 4.79 Å². The van der Waals surface area contributed by atoms with Gasteiger partial charge in [0.05, 0.1) is 5.39 Å². The highest BCUT2D eigenvalue weighted by molar-refractivity contribution is 6.04. The molecule has 4 rings (SSSR count). The van der Waals surface area contributed by atoms with E-state index < -0.39 is 0 Å². The molecule has 0 spiro atoms. The van der Waals surface area contributed by atoms with E-state index in [1.165, 1.54) is 25.7 Å². The Labute approximate surface area is 166 Å². The maximum atomic E-state index is 12.9. The predicted molar refractivity (Wildman–Crippen MR) is 112 cm³/mol. The number of aromatic nitrogens is 3. The van der Waals surface area contributed by atoms with Crippen LogP contribution >= 0.6 is 0 Å². The van der Waals surface area contributed by atoms with Crippen LogP contribution in [0.25, 0.3) is 11.0 Å². The fourth-order valence-electron chi connectivity index (χ4n) is 4.23. The van der Waals surface area contributed by atoms with Crippen molar-refractivity contribution >= 4 is 22.8 Å². The molecule has 0 saturated carbocycles. The fourth-order valence-corrected chi connectivity index (χ4v) is 4.23. The molecule has 0 aliphatic carbocycles. The summed E-state index contributed by atoms with van der Waals surface area (Å²) < 4.78 is 1.90. The van der Waals surface area contributed by atoms with Gasteiger partial charge in [-0.25, -0.2) is 9.67 Å². The van der Waals surface area contributed by atoms with Gasteiger partial charge in [0.1, 0.15) is 5.82 Å². The van der Waals surface area contributed by atoms with Crippen LogP contribution in [0.1, 0.15) is 68.9 Å². The van der Waals surface area contributed by atoms with Crippen LogP contribution in [0.15, 0.2) is 12.1 Å². The molecule has 0 bridgehead atoms. The second-order valence-electron chi connectivity index (χ2n) is 8.33. The molecule has 152 valence electrons. The van der Waals surface area contributed by atoms with E-state index in [1.54, 1.807) is 0 Å². The first-order valence-corrected chi connectivity index (χ1v) is 10.8. The van der Waals surface area contributed by atoms with Gasteiger partial charge in [0.2, 0.25) is 0 Å². The lowest BCUT2D eigenvalue weighted by Gasteiger charge is -2.23. The first-order valence-electron chi connectivity index (χ1n) is 10.8. The summed E-state index contributed by atoms with van der Waals surface area (Å²) >= 11 is 0. The Morgan fingerprint density at radius 2 is 1.86 bits per heavy atom. The number of amides is 1. The van der Waals surface area contributed by atoms with Gasteiger partial charge in [0.15, 0.2) is 11.3 Å². The highest BCUT2D eigenvalue weighted by Crippen LogP contribution is 2.25. The van der Waals surface area contributed by atoms with Crippen LogP contribution in [0, 0.1) is 0 Å². The third-order valence-corrected chi connectivity index (χ3v) is 5.85. The fraction of sp³-hybridized carbons (Fsp3) is 0.667. The average Bonchev–Trinajstić information content (AvgIpc) is 2.88. The lowest BCUT2D eigenvalue weighted by atomic mass is 10.1. The molecule has 0 aromatic carbocycles. The zero-order valence-electron chi connectivity index (χ0n) is 17.1. The van der Waals surface area contributed by atoms with Gasteiger partial charge >= 0.3 is 0 Å². The number of fused-ring (bicyclic) bond motifs is 1. The summed E-state index contributed by atoms with van der Waals surface area (Å²) in [5.41, 5.74) is 1.31. The predicted octanol–water partition coefficient (Wildman–Crippen LogP) is 2.87. The number of carbonyl (C=O) groups excluding carboxylic acids is 1. The number of hydrogen-bond acceptors (Lipinski definition) is 5. The third kappa shape index (κ3) is 3.99. The molecule has 2 fully saturated rings. The van der Waals surface area contributed by atoms with E-state index in [1.807, 2.05) is 10.7 Å². The Morgan fingerprint density at radius 1 is 1.14 bits per heavy atom. The molecule has 2 aromatic rings. The molecule has 2 N–H and O–H groups in total. The summed E-state index contributed by atoms with van der Waals surface area (Å²) in [6, 6.07) is 4.46. The smallest absolute Gasteiger partial charge is 0.272 e. The minimum Gasteiger partial charge on any atom is -0.357 e. The Balaban J connectivity index is 1.64. The summed E-state index contributed by atoms with van der Waals surface area (Å²) in [6.45, 7) is 8.18. The Bertz CT molecular complexity index is 816. The molecular formula is C21H32N6O. The number of pyridine rings is 1. The van der Waals surface area contributed by atoms with Gasteiger partial charge in [-0.2, -0.15) is 5.10 Å². The van der Waals surface area contributed by atoms with Crippen LogP contribution in [0.5, 0.6) is 0 Å². The van der Waals surface area contributed by atoms with E-state index in [9.17, 15) is 4.79 Å². The van der Waals surface area contributed by atoms with Crippen molar-refractivity contribution in [3.05, 3.63) is 17.8 Å². The van der Waals surface area contributed by atoms with Crippen LogP contribution in [-0.2, 0) is 0 Å². The van der Waals surface area contributed by atoms with Crippen molar-refractivity contribution in [2.45, 2.75) is 64.5 Å². The van der Waals surface area contributed by atoms with E-state index in [4.69, 9.17) is 4.98 Å². The molecule has 7 heteroatoms. The molecule has 2 aromatic heterocycles. The second kappa shape index (κ2) is 8.47. The minimum atomic E-state index is -0.0828. The van der Waals surface area contributed by atoms with Gasteiger partial charge in [0.25, 0.3) is 5.91 Å². The lowest BCUT2D eigenvalue weighted by Crippen LogP contribution is -2.42. The van der Waals surface area contributed by atoms with Gasteiger partial charge in [-0.05, 0) is 64.8 Å². The first kappa shape index (κ1) is 19.2. The largest absolute Gasteiger partial charge is 0.357 e. The number of carbonyl (C=O) groups is 1. The van der Waals surface area contributed by atoms with Gasteiger partial charge in [-0.1, -0.05) is 12.8 Å². The summed E-state index contributed by atoms with van der Waals surface area (Å²) in [7, 11) is 0. The maximum Gasteiger partial charge on any atom is 0.272 e. The van der Waals surface area contributed by atoms with E-state index in [0.717, 1.165) is 55.9 Å². The second-order valence-corrected chi connectivity index (χ2v) is 8.33. The number of piperidine rings is 1. The first-order chi connectivity index (χ1) is 13.6. The van der Waals surface area contributed by atoms with Crippen LogP contribution in [-0.4, -0.2) is 52.9 Å². The van der Waals surface area contributed by atoms with Crippen molar-refractivity contribution in [2.24, 2.45) is 0 Å². The molecule has 2 aliphatic rings. The topological polar surface area (TPSA) is 75.1 Å². The quantitative estimate of drug-likeness (QED) is 0.848. The summed E-state index contributed by atoms with van der Waals surface area (Å²) in [5, 5.41) is 12.0. The molecule has 0 unspecified atom stereocenters. The Kier molecular flexibility index (Phi) is 5.80. The average molecular weight is 385 g/mol. The minimum absolute atomic E-state index is 0.0828. The highest BCUT2D eigenvalue weighted by Gasteiger charge is 2.24. The maximum absolute atomic E-state index is 12.9. The molecular weight excluding hydrogens is 352 g/mol. The van der Waals surface area contributed by atoms with Crippen molar-refractivity contribution in [2.75, 3.05) is 31.1 Å². The van der Waals surface area contributed by atoms with Gasteiger partial charge in [-0.3, -0.25) is 4.79 Å². The zero-order chi connectivity index (χ0) is 19.5. The van der Waals surface area contributed by atoms with Crippen molar-refractivity contribution in [3.8, 4) is 0 Å². The number of anilines is 1. The molecule has 4 heterocycles. The molecule has 2 saturated heterocycles. The molecule has 0 radical (unpaired) electrons. The summed E-state index contributed by atoms with van der Waals surface area (Å²) in [6.07, 6.45) is 6.95. The monoisotopic (exact) mass is 384 g/mol. The van der Waals surface area contributed by atoms with Gasteiger partial charge in [0, 0.05) is 25.2 Å². The number of nitrogens with one attached hydrogen (secondary N) is 2. The van der Waals surface area contributed by atoms with Gasteiger partial charge < -0.3 is 15.5 Å². The van der Waals surface area contributed by atoms with Crippen LogP contribution in [0.3, 0.4) is 0 Å². The van der Waals surface area contributed by atoms with Gasteiger partial charge in [-0.15, -0.1) is 0 Å². The zero-order valence-corrected chi connectivity index (χ0v) is 17.1.